The summed E-state index contributed by atoms with van der Waals surface area (Å²) in [5.74, 6) is -0.0120. The molecular formula is C17H15BrN2O5. The molecule has 130 valence electrons. The van der Waals surface area contributed by atoms with Crippen molar-refractivity contribution in [2.24, 2.45) is 0 Å². The zero-order valence-electron chi connectivity index (χ0n) is 13.1. The van der Waals surface area contributed by atoms with Gasteiger partial charge in [0, 0.05) is 24.2 Å². The molecule has 0 saturated carbocycles. The molecular weight excluding hydrogens is 392 g/mol. The van der Waals surface area contributed by atoms with E-state index in [1.165, 1.54) is 24.3 Å². The predicted molar refractivity (Wildman–Crippen MR) is 94.7 cm³/mol. The Hall–Kier alpha value is -2.74. The highest BCUT2D eigenvalue weighted by atomic mass is 79.9. The minimum atomic E-state index is -0.598. The van der Waals surface area contributed by atoms with Gasteiger partial charge >= 0.3 is 6.09 Å². The van der Waals surface area contributed by atoms with Gasteiger partial charge in [-0.25, -0.2) is 4.79 Å². The van der Waals surface area contributed by atoms with Crippen LogP contribution in [0.4, 0.5) is 10.5 Å². The summed E-state index contributed by atoms with van der Waals surface area (Å²) in [6.07, 6.45) is -0.598. The third kappa shape index (κ3) is 5.68. The number of hydrogen-bond donors (Lipinski definition) is 1. The molecule has 0 heterocycles. The monoisotopic (exact) mass is 406 g/mol. The summed E-state index contributed by atoms with van der Waals surface area (Å²) in [6, 6.07) is 12.7. The number of nitrogens with zero attached hydrogens (tertiary/aromatic N) is 1. The fourth-order valence-electron chi connectivity index (χ4n) is 1.97. The van der Waals surface area contributed by atoms with Gasteiger partial charge in [-0.15, -0.1) is 0 Å². The number of ether oxygens (including phenoxy) is 1. The fraction of sp³-hybridized carbons (Fsp3) is 0.176. The van der Waals surface area contributed by atoms with E-state index in [9.17, 15) is 19.7 Å². The third-order valence-electron chi connectivity index (χ3n) is 3.35. The van der Waals surface area contributed by atoms with E-state index < -0.39 is 11.0 Å². The van der Waals surface area contributed by atoms with Gasteiger partial charge in [-0.1, -0.05) is 40.2 Å². The number of benzene rings is 2. The van der Waals surface area contributed by atoms with Gasteiger partial charge in [-0.2, -0.15) is 0 Å². The highest BCUT2D eigenvalue weighted by Gasteiger charge is 2.07. The number of nitro groups is 1. The zero-order chi connectivity index (χ0) is 18.2. The lowest BCUT2D eigenvalue weighted by molar-refractivity contribution is -0.384. The van der Waals surface area contributed by atoms with Crippen molar-refractivity contribution in [3.63, 3.8) is 0 Å². The van der Waals surface area contributed by atoms with Crippen molar-refractivity contribution in [2.75, 3.05) is 5.33 Å². The number of ketones is 1. The van der Waals surface area contributed by atoms with Crippen molar-refractivity contribution in [2.45, 2.75) is 13.2 Å². The first kappa shape index (κ1) is 18.6. The number of nitro benzene ring substituents is 1. The Balaban J connectivity index is 1.78. The number of halogens is 1. The van der Waals surface area contributed by atoms with Gasteiger partial charge in [0.25, 0.3) is 5.69 Å². The van der Waals surface area contributed by atoms with E-state index in [-0.39, 0.29) is 30.0 Å². The highest BCUT2D eigenvalue weighted by Crippen LogP contribution is 2.12. The number of rotatable bonds is 7. The molecule has 1 N–H and O–H groups in total. The van der Waals surface area contributed by atoms with Gasteiger partial charge in [0.05, 0.1) is 10.3 Å². The molecule has 0 aliphatic heterocycles. The Morgan fingerprint density at radius 2 is 1.64 bits per heavy atom. The number of nitrogens with one attached hydrogen (secondary N) is 1. The molecule has 0 spiro atoms. The molecule has 8 heteroatoms. The molecule has 2 aromatic carbocycles. The first-order valence-electron chi connectivity index (χ1n) is 7.31. The smallest absolute Gasteiger partial charge is 0.407 e. The molecule has 2 aromatic rings. The average molecular weight is 407 g/mol. The van der Waals surface area contributed by atoms with Crippen LogP contribution in [0.5, 0.6) is 0 Å². The van der Waals surface area contributed by atoms with Crippen molar-refractivity contribution in [3.05, 3.63) is 75.3 Å². The Bertz CT molecular complexity index is 760. The lowest BCUT2D eigenvalue weighted by atomic mass is 10.1. The van der Waals surface area contributed by atoms with E-state index in [1.54, 1.807) is 24.3 Å². The van der Waals surface area contributed by atoms with Crippen molar-refractivity contribution < 1.29 is 19.2 Å². The summed E-state index contributed by atoms with van der Waals surface area (Å²) in [4.78, 5) is 33.3. The van der Waals surface area contributed by atoms with Crippen LogP contribution in [0.1, 0.15) is 21.5 Å². The van der Waals surface area contributed by atoms with Crippen LogP contribution in [-0.4, -0.2) is 22.1 Å². The quantitative estimate of drug-likeness (QED) is 0.327. The minimum absolute atomic E-state index is 0.0120. The van der Waals surface area contributed by atoms with E-state index in [1.807, 2.05) is 0 Å². The first-order valence-corrected chi connectivity index (χ1v) is 8.44. The molecule has 0 radical (unpaired) electrons. The van der Waals surface area contributed by atoms with Crippen LogP contribution >= 0.6 is 15.9 Å². The number of hydrogen-bond acceptors (Lipinski definition) is 5. The second-order valence-electron chi connectivity index (χ2n) is 5.11. The van der Waals surface area contributed by atoms with Gasteiger partial charge in [0.2, 0.25) is 0 Å². The summed E-state index contributed by atoms with van der Waals surface area (Å²) in [6.45, 7) is 0.282. The molecule has 7 nitrogen and oxygen atoms in total. The molecule has 0 aromatic heterocycles. The van der Waals surface area contributed by atoms with Crippen LogP contribution in [0.25, 0.3) is 0 Å². The van der Waals surface area contributed by atoms with Crippen LogP contribution in [0, 0.1) is 10.1 Å². The van der Waals surface area contributed by atoms with E-state index in [2.05, 4.69) is 21.2 Å². The summed E-state index contributed by atoms with van der Waals surface area (Å²) >= 11 is 3.11. The minimum Gasteiger partial charge on any atom is -0.445 e. The summed E-state index contributed by atoms with van der Waals surface area (Å²) in [7, 11) is 0. The topological polar surface area (TPSA) is 98.5 Å². The number of alkyl halides is 1. The van der Waals surface area contributed by atoms with Gasteiger partial charge in [-0.05, 0) is 23.3 Å². The second-order valence-corrected chi connectivity index (χ2v) is 5.67. The summed E-state index contributed by atoms with van der Waals surface area (Å²) < 4.78 is 5.05. The molecule has 25 heavy (non-hydrogen) atoms. The van der Waals surface area contributed by atoms with E-state index >= 15 is 0 Å². The zero-order valence-corrected chi connectivity index (χ0v) is 14.7. The molecule has 0 fully saturated rings. The van der Waals surface area contributed by atoms with Crippen molar-refractivity contribution in [3.8, 4) is 0 Å². The summed E-state index contributed by atoms with van der Waals surface area (Å²) in [5, 5.41) is 13.4. The fourth-order valence-corrected chi connectivity index (χ4v) is 2.30. The molecule has 0 aliphatic rings. The number of amides is 1. The molecule has 0 aliphatic carbocycles. The predicted octanol–water partition coefficient (Wildman–Crippen LogP) is 3.60. The van der Waals surface area contributed by atoms with E-state index in [0.29, 0.717) is 11.1 Å². The van der Waals surface area contributed by atoms with Gasteiger partial charge < -0.3 is 10.1 Å². The maximum atomic E-state index is 11.7. The number of alkyl carbamates (subject to hydrolysis) is 1. The maximum absolute atomic E-state index is 11.7. The molecule has 0 atom stereocenters. The van der Waals surface area contributed by atoms with Gasteiger partial charge in [0.1, 0.15) is 6.61 Å². The highest BCUT2D eigenvalue weighted by molar-refractivity contribution is 9.09. The van der Waals surface area contributed by atoms with Crippen molar-refractivity contribution in [1.82, 2.24) is 5.32 Å². The number of non-ortho nitro benzene ring substituents is 1. The number of carbonyl (C=O) groups excluding carboxylic acids is 2. The number of Topliss-reactive ketones (excluding diaryl/α,β-unsaturated/α-hetero) is 1. The Morgan fingerprint density at radius 1 is 1.04 bits per heavy atom. The largest absolute Gasteiger partial charge is 0.445 e. The van der Waals surface area contributed by atoms with Gasteiger partial charge in [0.15, 0.2) is 5.78 Å². The van der Waals surface area contributed by atoms with Crippen molar-refractivity contribution in [1.29, 1.82) is 0 Å². The number of carbonyl (C=O) groups is 2. The Morgan fingerprint density at radius 3 is 2.20 bits per heavy atom. The van der Waals surface area contributed by atoms with Crippen LogP contribution in [0.15, 0.2) is 48.5 Å². The Labute approximate surface area is 152 Å². The van der Waals surface area contributed by atoms with Crippen LogP contribution < -0.4 is 5.32 Å². The molecule has 1 amide bonds. The molecule has 0 saturated heterocycles. The van der Waals surface area contributed by atoms with Crippen LogP contribution in [0.2, 0.25) is 0 Å². The van der Waals surface area contributed by atoms with Crippen LogP contribution in [-0.2, 0) is 17.9 Å². The normalized spacial score (nSPS) is 10.1. The van der Waals surface area contributed by atoms with E-state index in [4.69, 9.17) is 4.74 Å². The first-order chi connectivity index (χ1) is 12.0. The Kier molecular flexibility index (Phi) is 6.64. The average Bonchev–Trinajstić information content (AvgIpc) is 2.64. The van der Waals surface area contributed by atoms with Crippen LogP contribution in [0.3, 0.4) is 0 Å². The maximum Gasteiger partial charge on any atom is 0.407 e. The van der Waals surface area contributed by atoms with Crippen molar-refractivity contribution >= 4 is 33.5 Å². The third-order valence-corrected chi connectivity index (χ3v) is 3.86. The SMILES string of the molecule is O=C(NCc1ccc(C(=O)CBr)cc1)OCc1ccc([N+](=O)[O-])cc1. The second kappa shape index (κ2) is 8.93. The van der Waals surface area contributed by atoms with Gasteiger partial charge in [-0.3, -0.25) is 14.9 Å². The summed E-state index contributed by atoms with van der Waals surface area (Å²) in [5.41, 5.74) is 2.06. The lowest BCUT2D eigenvalue weighted by Gasteiger charge is -2.07. The standard InChI is InChI=1S/C17H15BrN2O5/c18-9-16(21)14-5-1-12(2-6-14)10-19-17(22)25-11-13-3-7-15(8-4-13)20(23)24/h1-8H,9-11H2,(H,19,22). The molecule has 0 unspecified atom stereocenters. The molecule has 0 bridgehead atoms. The molecule has 2 rings (SSSR count). The lowest BCUT2D eigenvalue weighted by Crippen LogP contribution is -2.23. The van der Waals surface area contributed by atoms with E-state index in [0.717, 1.165) is 5.56 Å².